The van der Waals surface area contributed by atoms with Crippen LogP contribution in [0.4, 0.5) is 0 Å². The fourth-order valence-corrected chi connectivity index (χ4v) is 2.19. The van der Waals surface area contributed by atoms with Crippen LogP contribution in [0.15, 0.2) is 24.3 Å². The minimum Gasteiger partial charge on any atom is -0.493 e. The van der Waals surface area contributed by atoms with Crippen molar-refractivity contribution in [2.45, 2.75) is 32.2 Å². The lowest BCUT2D eigenvalue weighted by atomic mass is 10.1. The second kappa shape index (κ2) is 6.92. The molecule has 2 rings (SSSR count). The molecule has 1 amide bonds. The monoisotopic (exact) mass is 289 g/mol. The molecule has 21 heavy (non-hydrogen) atoms. The number of carboxylic acid groups (broad SMARTS) is 1. The molecular weight excluding hydrogens is 270 g/mol. The maximum Gasteiger partial charge on any atom is 0.303 e. The number of amides is 1. The highest BCUT2D eigenvalue weighted by Gasteiger charge is 2.11. The van der Waals surface area contributed by atoms with Crippen molar-refractivity contribution in [3.63, 3.8) is 0 Å². The number of carboxylic acids is 1. The Labute approximate surface area is 123 Å². The van der Waals surface area contributed by atoms with E-state index < -0.39 is 5.97 Å². The summed E-state index contributed by atoms with van der Waals surface area (Å²) in [6.45, 7) is 2.51. The Kier molecular flexibility index (Phi) is 4.98. The lowest BCUT2D eigenvalue weighted by molar-refractivity contribution is -0.137. The van der Waals surface area contributed by atoms with E-state index in [1.54, 1.807) is 13.0 Å². The fourth-order valence-electron chi connectivity index (χ4n) is 2.19. The molecule has 0 radical (unpaired) electrons. The SMILES string of the molecule is CC(CCC(=O)O)NC(=O)C=Cc1ccc2c(c1)CCO2. The summed E-state index contributed by atoms with van der Waals surface area (Å²) in [6, 6.07) is 5.67. The van der Waals surface area contributed by atoms with Gasteiger partial charge in [-0.1, -0.05) is 6.07 Å². The zero-order chi connectivity index (χ0) is 15.2. The van der Waals surface area contributed by atoms with E-state index in [1.165, 1.54) is 6.08 Å². The molecule has 0 spiro atoms. The Balaban J connectivity index is 1.85. The van der Waals surface area contributed by atoms with Gasteiger partial charge in [-0.25, -0.2) is 0 Å². The van der Waals surface area contributed by atoms with Crippen molar-refractivity contribution in [1.29, 1.82) is 0 Å². The predicted octanol–water partition coefficient (Wildman–Crippen LogP) is 2.00. The summed E-state index contributed by atoms with van der Waals surface area (Å²) in [5.41, 5.74) is 2.11. The molecule has 0 aliphatic carbocycles. The van der Waals surface area contributed by atoms with E-state index in [4.69, 9.17) is 9.84 Å². The van der Waals surface area contributed by atoms with Crippen molar-refractivity contribution < 1.29 is 19.4 Å². The van der Waals surface area contributed by atoms with Crippen LogP contribution in [0.2, 0.25) is 0 Å². The third-order valence-corrected chi connectivity index (χ3v) is 3.32. The molecule has 0 saturated carbocycles. The molecule has 1 unspecified atom stereocenters. The number of hydrogen-bond acceptors (Lipinski definition) is 3. The third kappa shape index (κ3) is 4.63. The largest absolute Gasteiger partial charge is 0.493 e. The highest BCUT2D eigenvalue weighted by Crippen LogP contribution is 2.26. The van der Waals surface area contributed by atoms with E-state index in [2.05, 4.69) is 5.32 Å². The van der Waals surface area contributed by atoms with Gasteiger partial charge in [0, 0.05) is 25.0 Å². The zero-order valence-corrected chi connectivity index (χ0v) is 12.0. The van der Waals surface area contributed by atoms with Crippen LogP contribution in [0.25, 0.3) is 6.08 Å². The van der Waals surface area contributed by atoms with Gasteiger partial charge in [-0.3, -0.25) is 9.59 Å². The van der Waals surface area contributed by atoms with Crippen LogP contribution >= 0.6 is 0 Å². The van der Waals surface area contributed by atoms with Crippen LogP contribution in [0.1, 0.15) is 30.9 Å². The van der Waals surface area contributed by atoms with Crippen LogP contribution in [0.3, 0.4) is 0 Å². The molecule has 1 aliphatic rings. The molecule has 0 fully saturated rings. The van der Waals surface area contributed by atoms with Crippen molar-refractivity contribution >= 4 is 18.0 Å². The normalized spacial score (nSPS) is 14.5. The highest BCUT2D eigenvalue weighted by molar-refractivity contribution is 5.92. The van der Waals surface area contributed by atoms with Gasteiger partial charge in [-0.15, -0.1) is 0 Å². The lowest BCUT2D eigenvalue weighted by Crippen LogP contribution is -2.31. The Hall–Kier alpha value is -2.30. The van der Waals surface area contributed by atoms with Crippen LogP contribution in [-0.4, -0.2) is 29.6 Å². The number of benzene rings is 1. The van der Waals surface area contributed by atoms with Crippen LogP contribution < -0.4 is 10.1 Å². The number of ether oxygens (including phenoxy) is 1. The van der Waals surface area contributed by atoms with Crippen molar-refractivity contribution in [1.82, 2.24) is 5.32 Å². The lowest BCUT2D eigenvalue weighted by Gasteiger charge is -2.10. The average molecular weight is 289 g/mol. The number of nitrogens with one attached hydrogen (secondary N) is 1. The quantitative estimate of drug-likeness (QED) is 0.785. The van der Waals surface area contributed by atoms with Gasteiger partial charge >= 0.3 is 5.97 Å². The first kappa shape index (κ1) is 15.1. The molecule has 1 heterocycles. The summed E-state index contributed by atoms with van der Waals surface area (Å²) in [5.74, 6) is -0.157. The second-order valence-electron chi connectivity index (χ2n) is 5.14. The molecule has 5 heteroatoms. The molecule has 0 aromatic heterocycles. The molecule has 0 saturated heterocycles. The molecule has 2 N–H and O–H groups in total. The maximum atomic E-state index is 11.7. The van der Waals surface area contributed by atoms with Gasteiger partial charge in [0.05, 0.1) is 6.61 Å². The highest BCUT2D eigenvalue weighted by atomic mass is 16.5. The molecule has 1 aromatic rings. The first-order valence-electron chi connectivity index (χ1n) is 7.00. The smallest absolute Gasteiger partial charge is 0.303 e. The molecule has 1 aliphatic heterocycles. The molecular formula is C16H19NO4. The molecule has 1 aromatic carbocycles. The summed E-state index contributed by atoms with van der Waals surface area (Å²) in [6.07, 6.45) is 4.59. The number of aliphatic carboxylic acids is 1. The summed E-state index contributed by atoms with van der Waals surface area (Å²) < 4.78 is 5.43. The Morgan fingerprint density at radius 3 is 3.05 bits per heavy atom. The van der Waals surface area contributed by atoms with Crippen molar-refractivity contribution in [2.24, 2.45) is 0 Å². The number of carbonyl (C=O) groups excluding carboxylic acids is 1. The summed E-state index contributed by atoms with van der Waals surface area (Å²) in [5, 5.41) is 11.3. The van der Waals surface area contributed by atoms with Crippen LogP contribution in [0.5, 0.6) is 5.75 Å². The number of carbonyl (C=O) groups is 2. The molecule has 0 bridgehead atoms. The van der Waals surface area contributed by atoms with Crippen molar-refractivity contribution in [2.75, 3.05) is 6.61 Å². The number of rotatable bonds is 6. The fraction of sp³-hybridized carbons (Fsp3) is 0.375. The van der Waals surface area contributed by atoms with E-state index in [0.717, 1.165) is 23.3 Å². The summed E-state index contributed by atoms with van der Waals surface area (Å²) in [4.78, 5) is 22.2. The van der Waals surface area contributed by atoms with Gasteiger partial charge in [0.2, 0.25) is 5.91 Å². The topological polar surface area (TPSA) is 75.6 Å². The van der Waals surface area contributed by atoms with Crippen molar-refractivity contribution in [3.05, 3.63) is 35.4 Å². The maximum absolute atomic E-state index is 11.7. The van der Waals surface area contributed by atoms with E-state index in [-0.39, 0.29) is 18.4 Å². The third-order valence-electron chi connectivity index (χ3n) is 3.32. The second-order valence-corrected chi connectivity index (χ2v) is 5.14. The summed E-state index contributed by atoms with van der Waals surface area (Å²) in [7, 11) is 0. The Morgan fingerprint density at radius 2 is 2.29 bits per heavy atom. The Morgan fingerprint density at radius 1 is 1.48 bits per heavy atom. The van der Waals surface area contributed by atoms with E-state index in [1.807, 2.05) is 18.2 Å². The van der Waals surface area contributed by atoms with E-state index >= 15 is 0 Å². The van der Waals surface area contributed by atoms with Crippen LogP contribution in [0, 0.1) is 0 Å². The van der Waals surface area contributed by atoms with Crippen LogP contribution in [-0.2, 0) is 16.0 Å². The zero-order valence-electron chi connectivity index (χ0n) is 12.0. The van der Waals surface area contributed by atoms with Gasteiger partial charge in [0.25, 0.3) is 0 Å². The molecule has 112 valence electrons. The summed E-state index contributed by atoms with van der Waals surface area (Å²) >= 11 is 0. The minimum atomic E-state index is -0.855. The first-order chi connectivity index (χ1) is 10.0. The Bertz CT molecular complexity index is 565. The van der Waals surface area contributed by atoms with Gasteiger partial charge in [0.1, 0.15) is 5.75 Å². The van der Waals surface area contributed by atoms with Gasteiger partial charge < -0.3 is 15.2 Å². The van der Waals surface area contributed by atoms with Gasteiger partial charge in [-0.2, -0.15) is 0 Å². The molecule has 1 atom stereocenters. The predicted molar refractivity (Wildman–Crippen MR) is 79.1 cm³/mol. The minimum absolute atomic E-state index is 0.0516. The molecule has 5 nitrogen and oxygen atoms in total. The average Bonchev–Trinajstić information content (AvgIpc) is 2.90. The first-order valence-corrected chi connectivity index (χ1v) is 7.00. The van der Waals surface area contributed by atoms with Gasteiger partial charge in [-0.05, 0) is 42.7 Å². The van der Waals surface area contributed by atoms with E-state index in [0.29, 0.717) is 13.0 Å². The van der Waals surface area contributed by atoms with E-state index in [9.17, 15) is 9.59 Å². The number of hydrogen-bond donors (Lipinski definition) is 2. The standard InChI is InChI=1S/C16H19NO4/c1-11(2-7-16(19)20)17-15(18)6-4-12-3-5-14-13(10-12)8-9-21-14/h3-6,10-11H,2,7-9H2,1H3,(H,17,18)(H,19,20). The van der Waals surface area contributed by atoms with Crippen molar-refractivity contribution in [3.8, 4) is 5.75 Å². The van der Waals surface area contributed by atoms with Gasteiger partial charge in [0.15, 0.2) is 0 Å². The number of fused-ring (bicyclic) bond motifs is 1.